The first-order chi connectivity index (χ1) is 12.1. The highest BCUT2D eigenvalue weighted by Gasteiger charge is 2.35. The minimum Gasteiger partial charge on any atom is -0.394 e. The van der Waals surface area contributed by atoms with Gasteiger partial charge in [-0.2, -0.15) is 0 Å². The lowest BCUT2D eigenvalue weighted by Gasteiger charge is -2.39. The first kappa shape index (κ1) is 19.8. The van der Waals surface area contributed by atoms with E-state index in [2.05, 4.69) is 36.2 Å². The van der Waals surface area contributed by atoms with Crippen molar-refractivity contribution in [3.8, 4) is 0 Å². The van der Waals surface area contributed by atoms with E-state index in [4.69, 9.17) is 0 Å². The zero-order valence-electron chi connectivity index (χ0n) is 16.0. The number of aliphatic hydroxyl groups is 1. The summed E-state index contributed by atoms with van der Waals surface area (Å²) in [6, 6.07) is 7.90. The normalized spacial score (nSPS) is 20.8. The molecule has 0 spiro atoms. The summed E-state index contributed by atoms with van der Waals surface area (Å²) in [5.41, 5.74) is 2.32. The zero-order chi connectivity index (χ0) is 18.2. The molecule has 4 nitrogen and oxygen atoms in total. The number of para-hydroxylation sites is 1. The van der Waals surface area contributed by atoms with Crippen molar-refractivity contribution in [2.45, 2.75) is 70.9 Å². The number of hydrogen-bond donors (Lipinski definition) is 2. The predicted molar refractivity (Wildman–Crippen MR) is 104 cm³/mol. The largest absolute Gasteiger partial charge is 0.394 e. The van der Waals surface area contributed by atoms with Crippen LogP contribution >= 0.6 is 0 Å². The van der Waals surface area contributed by atoms with Crippen molar-refractivity contribution < 1.29 is 9.90 Å². The molecule has 1 aromatic carbocycles. The highest BCUT2D eigenvalue weighted by atomic mass is 16.3. The maximum absolute atomic E-state index is 13.1. The van der Waals surface area contributed by atoms with Crippen LogP contribution in [0.25, 0.3) is 0 Å². The summed E-state index contributed by atoms with van der Waals surface area (Å²) < 4.78 is 0. The summed E-state index contributed by atoms with van der Waals surface area (Å²) in [5.74, 6) is 0.406. The van der Waals surface area contributed by atoms with Crippen molar-refractivity contribution in [3.05, 3.63) is 29.8 Å². The molecule has 0 aromatic heterocycles. The summed E-state index contributed by atoms with van der Waals surface area (Å²) in [6.07, 6.45) is 7.42. The Morgan fingerprint density at radius 2 is 1.84 bits per heavy atom. The third kappa shape index (κ3) is 4.97. The van der Waals surface area contributed by atoms with E-state index < -0.39 is 0 Å². The van der Waals surface area contributed by atoms with Crippen LogP contribution in [0.3, 0.4) is 0 Å². The lowest BCUT2D eigenvalue weighted by molar-refractivity contribution is -0.124. The van der Waals surface area contributed by atoms with Crippen LogP contribution in [-0.2, 0) is 11.2 Å². The Labute approximate surface area is 152 Å². The number of amides is 1. The number of benzene rings is 1. The predicted octanol–water partition coefficient (Wildman–Crippen LogP) is 3.52. The van der Waals surface area contributed by atoms with Crippen molar-refractivity contribution in [1.29, 1.82) is 0 Å². The number of rotatable bonds is 8. The number of nitrogens with one attached hydrogen (secondary N) is 1. The molecule has 0 fully saturated rings. The molecule has 0 saturated heterocycles. The molecule has 4 heteroatoms. The molecule has 25 heavy (non-hydrogen) atoms. The summed E-state index contributed by atoms with van der Waals surface area (Å²) in [4.78, 5) is 15.2. The minimum absolute atomic E-state index is 0.0227. The van der Waals surface area contributed by atoms with Crippen molar-refractivity contribution >= 4 is 11.6 Å². The van der Waals surface area contributed by atoms with E-state index in [1.807, 2.05) is 19.2 Å². The van der Waals surface area contributed by atoms with Crippen molar-refractivity contribution in [2.24, 2.45) is 5.92 Å². The minimum atomic E-state index is -0.206. The third-order valence-corrected chi connectivity index (χ3v) is 5.39. The zero-order valence-corrected chi connectivity index (χ0v) is 16.0. The smallest absolute Gasteiger partial charge is 0.243 e. The van der Waals surface area contributed by atoms with Crippen LogP contribution in [0.2, 0.25) is 0 Å². The van der Waals surface area contributed by atoms with Crippen LogP contribution in [0, 0.1) is 5.92 Å². The Hall–Kier alpha value is -1.55. The molecule has 1 aliphatic heterocycles. The lowest BCUT2D eigenvalue weighted by Crippen LogP contribution is -2.55. The molecule has 0 saturated carbocycles. The number of anilines is 1. The number of aliphatic hydroxyl groups excluding tert-OH is 1. The van der Waals surface area contributed by atoms with Crippen LogP contribution in [0.5, 0.6) is 0 Å². The average Bonchev–Trinajstić information content (AvgIpc) is 2.62. The van der Waals surface area contributed by atoms with E-state index in [1.54, 1.807) is 0 Å². The van der Waals surface area contributed by atoms with Crippen LogP contribution in [0.1, 0.15) is 57.9 Å². The molecule has 0 radical (unpaired) electrons. The average molecular weight is 347 g/mol. The molecule has 1 heterocycles. The molecule has 140 valence electrons. The Morgan fingerprint density at radius 1 is 1.20 bits per heavy atom. The first-order valence-corrected chi connectivity index (χ1v) is 9.84. The van der Waals surface area contributed by atoms with E-state index in [0.717, 1.165) is 44.2 Å². The summed E-state index contributed by atoms with van der Waals surface area (Å²) in [7, 11) is 2.05. The maximum atomic E-state index is 13.1. The van der Waals surface area contributed by atoms with Gasteiger partial charge in [0.25, 0.3) is 0 Å². The van der Waals surface area contributed by atoms with Gasteiger partial charge in [-0.25, -0.2) is 0 Å². The van der Waals surface area contributed by atoms with Gasteiger partial charge in [0.15, 0.2) is 0 Å². The van der Waals surface area contributed by atoms with Crippen molar-refractivity contribution in [3.63, 3.8) is 0 Å². The Balaban J connectivity index is 2.37. The second-order valence-corrected chi connectivity index (χ2v) is 7.32. The summed E-state index contributed by atoms with van der Waals surface area (Å²) >= 11 is 0. The second kappa shape index (κ2) is 9.81. The van der Waals surface area contributed by atoms with Gasteiger partial charge in [-0.3, -0.25) is 4.79 Å². The highest BCUT2D eigenvalue weighted by molar-refractivity contribution is 5.86. The number of unbranched alkanes of at least 4 members (excludes halogenated alkanes) is 2. The Bertz CT molecular complexity index is 538. The number of carbonyl (C=O) groups is 1. The second-order valence-electron chi connectivity index (χ2n) is 7.32. The molecular formula is C21H34N2O2. The first-order valence-electron chi connectivity index (χ1n) is 9.84. The van der Waals surface area contributed by atoms with E-state index in [-0.39, 0.29) is 24.6 Å². The van der Waals surface area contributed by atoms with Gasteiger partial charge in [-0.05, 0) is 36.8 Å². The molecule has 1 amide bonds. The fraction of sp³-hybridized carbons (Fsp3) is 0.667. The molecule has 0 unspecified atom stereocenters. The van der Waals surface area contributed by atoms with E-state index in [1.165, 1.54) is 5.56 Å². The quantitative estimate of drug-likeness (QED) is 0.757. The Morgan fingerprint density at radius 3 is 2.44 bits per heavy atom. The van der Waals surface area contributed by atoms with Gasteiger partial charge in [-0.15, -0.1) is 0 Å². The van der Waals surface area contributed by atoms with Crippen molar-refractivity contribution in [2.75, 3.05) is 18.6 Å². The number of fused-ring (bicyclic) bond motifs is 1. The molecule has 1 aliphatic rings. The lowest BCUT2D eigenvalue weighted by atomic mass is 9.86. The third-order valence-electron chi connectivity index (χ3n) is 5.39. The SMILES string of the molecule is CCCCC(CCCC)[C@H]1C(=O)N[C@H](CO)Cc2ccccc2N1C. The van der Waals surface area contributed by atoms with Gasteiger partial charge in [0.2, 0.25) is 5.91 Å². The monoisotopic (exact) mass is 346 g/mol. The molecule has 2 N–H and O–H groups in total. The fourth-order valence-electron chi connectivity index (χ4n) is 3.99. The molecule has 0 aliphatic carbocycles. The van der Waals surface area contributed by atoms with Crippen LogP contribution in [0.4, 0.5) is 5.69 Å². The molecule has 2 atom stereocenters. The standard InChI is InChI=1S/C21H34N2O2/c1-4-6-10-16(11-7-5-2)20-21(25)22-18(15-24)14-17-12-8-9-13-19(17)23(20)3/h8-9,12-13,16,18,20,24H,4-7,10-11,14-15H2,1-3H3,(H,22,25)/t18-,20-/m0/s1. The van der Waals surface area contributed by atoms with Gasteiger partial charge in [0.05, 0.1) is 12.6 Å². The van der Waals surface area contributed by atoms with Gasteiger partial charge >= 0.3 is 0 Å². The Kier molecular flexibility index (Phi) is 7.76. The number of likely N-dealkylation sites (N-methyl/N-ethyl adjacent to an activating group) is 1. The van der Waals surface area contributed by atoms with Crippen LogP contribution in [0.15, 0.2) is 24.3 Å². The highest BCUT2D eigenvalue weighted by Crippen LogP contribution is 2.31. The topological polar surface area (TPSA) is 52.6 Å². The summed E-state index contributed by atoms with van der Waals surface area (Å²) in [5, 5.41) is 12.8. The van der Waals surface area contributed by atoms with Gasteiger partial charge in [-0.1, -0.05) is 57.7 Å². The van der Waals surface area contributed by atoms with E-state index in [9.17, 15) is 9.90 Å². The maximum Gasteiger partial charge on any atom is 0.243 e. The molecule has 0 bridgehead atoms. The van der Waals surface area contributed by atoms with E-state index in [0.29, 0.717) is 12.3 Å². The van der Waals surface area contributed by atoms with Gasteiger partial charge < -0.3 is 15.3 Å². The van der Waals surface area contributed by atoms with Gasteiger partial charge in [0, 0.05) is 12.7 Å². The number of carbonyl (C=O) groups excluding carboxylic acids is 1. The van der Waals surface area contributed by atoms with Gasteiger partial charge in [0.1, 0.15) is 6.04 Å². The summed E-state index contributed by atoms with van der Waals surface area (Å²) in [6.45, 7) is 4.39. The van der Waals surface area contributed by atoms with Crippen molar-refractivity contribution in [1.82, 2.24) is 5.32 Å². The van der Waals surface area contributed by atoms with E-state index >= 15 is 0 Å². The fourth-order valence-corrected chi connectivity index (χ4v) is 3.99. The number of hydrogen-bond acceptors (Lipinski definition) is 3. The number of nitrogens with zero attached hydrogens (tertiary/aromatic N) is 1. The molecular weight excluding hydrogens is 312 g/mol. The molecule has 1 aromatic rings. The van der Waals surface area contributed by atoms with Crippen LogP contribution in [-0.4, -0.2) is 36.8 Å². The molecule has 2 rings (SSSR count). The van der Waals surface area contributed by atoms with Crippen LogP contribution < -0.4 is 10.2 Å².